The Balaban J connectivity index is 2.31. The number of likely N-dealkylation sites (N-methyl/N-ethyl adjacent to an activating group) is 1. The largest absolute Gasteiger partial charge is 0.337 e. The summed E-state index contributed by atoms with van der Waals surface area (Å²) in [4.78, 5) is 14.2. The molecule has 0 bridgehead atoms. The third-order valence-corrected chi connectivity index (χ3v) is 6.53. The van der Waals surface area contributed by atoms with Crippen LogP contribution < -0.4 is 10.6 Å². The number of hydrogen-bond donors (Lipinski definition) is 2. The summed E-state index contributed by atoms with van der Waals surface area (Å²) in [5.41, 5.74) is 0. The summed E-state index contributed by atoms with van der Waals surface area (Å²) in [6.07, 6.45) is 6.47. The predicted octanol–water partition coefficient (Wildman–Crippen LogP) is 2.34. The summed E-state index contributed by atoms with van der Waals surface area (Å²) >= 11 is 0. The van der Waals surface area contributed by atoms with Gasteiger partial charge in [-0.2, -0.15) is 0 Å². The molecule has 0 heterocycles. The summed E-state index contributed by atoms with van der Waals surface area (Å²) in [5.74, 6) is 1.17. The van der Waals surface area contributed by atoms with Crippen molar-refractivity contribution >= 4 is 16.8 Å². The van der Waals surface area contributed by atoms with Crippen LogP contribution in [-0.2, 0) is 10.8 Å². The molecule has 2 N–H and O–H groups in total. The van der Waals surface area contributed by atoms with Gasteiger partial charge in [0.25, 0.3) is 0 Å². The topological polar surface area (TPSA) is 61.4 Å². The van der Waals surface area contributed by atoms with E-state index in [1.165, 1.54) is 32.1 Å². The van der Waals surface area contributed by atoms with Crippen LogP contribution in [0.2, 0.25) is 0 Å². The first-order valence-electron chi connectivity index (χ1n) is 8.78. The van der Waals surface area contributed by atoms with Crippen molar-refractivity contribution in [2.24, 2.45) is 5.92 Å². The maximum atomic E-state index is 11.9. The van der Waals surface area contributed by atoms with Crippen molar-refractivity contribution in [3.63, 3.8) is 0 Å². The molecule has 0 aromatic carbocycles. The molecule has 2 amide bonds. The van der Waals surface area contributed by atoms with Crippen LogP contribution in [0.3, 0.4) is 0 Å². The average Bonchev–Trinajstić information content (AvgIpc) is 2.47. The van der Waals surface area contributed by atoms with E-state index in [0.29, 0.717) is 30.8 Å². The molecule has 1 aliphatic carbocycles. The van der Waals surface area contributed by atoms with Crippen molar-refractivity contribution in [3.05, 3.63) is 0 Å². The van der Waals surface area contributed by atoms with Gasteiger partial charge in [-0.3, -0.25) is 4.21 Å². The van der Waals surface area contributed by atoms with Crippen molar-refractivity contribution in [2.75, 3.05) is 32.9 Å². The maximum absolute atomic E-state index is 11.9. The van der Waals surface area contributed by atoms with Gasteiger partial charge in [-0.25, -0.2) is 4.79 Å². The second-order valence-electron chi connectivity index (χ2n) is 7.73. The SMILES string of the molecule is CN(C)[C@@H](CNC(=O)NCC[S@@](=O)C(C)(C)C)C1CCCCC1. The Kier molecular flexibility index (Phi) is 8.54. The fraction of sp³-hybridized carbons (Fsp3) is 0.941. The molecule has 2 atom stereocenters. The summed E-state index contributed by atoms with van der Waals surface area (Å²) in [5, 5.41) is 5.80. The molecule has 6 heteroatoms. The first-order chi connectivity index (χ1) is 10.7. The molecule has 0 aromatic heterocycles. The number of carbonyl (C=O) groups is 1. The Morgan fingerprint density at radius 2 is 1.78 bits per heavy atom. The van der Waals surface area contributed by atoms with Gasteiger partial charge in [-0.15, -0.1) is 0 Å². The van der Waals surface area contributed by atoms with Gasteiger partial charge < -0.3 is 15.5 Å². The van der Waals surface area contributed by atoms with Crippen molar-refractivity contribution < 1.29 is 9.00 Å². The van der Waals surface area contributed by atoms with E-state index < -0.39 is 10.8 Å². The lowest BCUT2D eigenvalue weighted by molar-refractivity contribution is 0.166. The van der Waals surface area contributed by atoms with Gasteiger partial charge in [0.15, 0.2) is 0 Å². The molecule has 5 nitrogen and oxygen atoms in total. The summed E-state index contributed by atoms with van der Waals surface area (Å²) in [7, 11) is 3.25. The Hall–Kier alpha value is -0.620. The highest BCUT2D eigenvalue weighted by atomic mass is 32.2. The highest BCUT2D eigenvalue weighted by molar-refractivity contribution is 7.86. The Bertz CT molecular complexity index is 388. The number of urea groups is 1. The minimum absolute atomic E-state index is 0.154. The lowest BCUT2D eigenvalue weighted by Gasteiger charge is -2.35. The molecular formula is C17H35N3O2S. The molecule has 1 aliphatic rings. The minimum Gasteiger partial charge on any atom is -0.337 e. The van der Waals surface area contributed by atoms with Gasteiger partial charge >= 0.3 is 6.03 Å². The predicted molar refractivity (Wildman–Crippen MR) is 98.2 cm³/mol. The van der Waals surface area contributed by atoms with E-state index in [9.17, 15) is 9.00 Å². The summed E-state index contributed by atoms with van der Waals surface area (Å²) < 4.78 is 11.7. The first kappa shape index (κ1) is 20.4. The van der Waals surface area contributed by atoms with E-state index in [1.807, 2.05) is 20.8 Å². The number of hydrogen-bond acceptors (Lipinski definition) is 3. The van der Waals surface area contributed by atoms with Gasteiger partial charge in [0.1, 0.15) is 0 Å². The molecule has 1 rings (SSSR count). The van der Waals surface area contributed by atoms with Crippen LogP contribution in [0.5, 0.6) is 0 Å². The van der Waals surface area contributed by atoms with Crippen molar-refractivity contribution in [2.45, 2.75) is 63.7 Å². The van der Waals surface area contributed by atoms with E-state index in [2.05, 4.69) is 29.6 Å². The van der Waals surface area contributed by atoms with Crippen molar-refractivity contribution in [3.8, 4) is 0 Å². The third kappa shape index (κ3) is 7.66. The van der Waals surface area contributed by atoms with Crippen molar-refractivity contribution in [1.82, 2.24) is 15.5 Å². The number of carbonyl (C=O) groups excluding carboxylic acids is 1. The molecule has 1 fully saturated rings. The van der Waals surface area contributed by atoms with Crippen LogP contribution in [0.4, 0.5) is 4.79 Å². The quantitative estimate of drug-likeness (QED) is 0.744. The Labute approximate surface area is 144 Å². The fourth-order valence-corrected chi connectivity index (χ4v) is 4.01. The third-order valence-electron chi connectivity index (χ3n) is 4.59. The normalized spacial score (nSPS) is 19.4. The fourth-order valence-electron chi connectivity index (χ4n) is 3.11. The van der Waals surface area contributed by atoms with Gasteiger partial charge in [-0.05, 0) is 53.6 Å². The maximum Gasteiger partial charge on any atom is 0.314 e. The van der Waals surface area contributed by atoms with E-state index >= 15 is 0 Å². The van der Waals surface area contributed by atoms with Crippen LogP contribution in [0.15, 0.2) is 0 Å². The van der Waals surface area contributed by atoms with Crippen LogP contribution in [0, 0.1) is 5.92 Å². The average molecular weight is 346 g/mol. The molecule has 0 aliphatic heterocycles. The second kappa shape index (κ2) is 9.62. The van der Waals surface area contributed by atoms with Gasteiger partial charge in [-0.1, -0.05) is 19.3 Å². The van der Waals surface area contributed by atoms with E-state index in [4.69, 9.17) is 0 Å². The summed E-state index contributed by atoms with van der Waals surface area (Å²) in [6, 6.07) is 0.239. The Morgan fingerprint density at radius 3 is 2.30 bits per heavy atom. The number of rotatable bonds is 7. The zero-order valence-electron chi connectivity index (χ0n) is 15.5. The van der Waals surface area contributed by atoms with Gasteiger partial charge in [0.2, 0.25) is 0 Å². The zero-order chi connectivity index (χ0) is 17.5. The minimum atomic E-state index is -0.928. The first-order valence-corrected chi connectivity index (χ1v) is 10.1. The van der Waals surface area contributed by atoms with Crippen LogP contribution in [-0.4, -0.2) is 58.9 Å². The van der Waals surface area contributed by atoms with E-state index in [1.54, 1.807) is 0 Å². The standard InChI is InChI=1S/C17H35N3O2S/c1-17(2,3)23(22)12-11-18-16(21)19-13-15(20(4)5)14-9-7-6-8-10-14/h14-15H,6-13H2,1-5H3,(H2,18,19,21)/t15-,23+/m0/s1. The zero-order valence-corrected chi connectivity index (χ0v) is 16.3. The lowest BCUT2D eigenvalue weighted by atomic mass is 9.83. The van der Waals surface area contributed by atoms with Gasteiger partial charge in [0.05, 0.1) is 0 Å². The highest BCUT2D eigenvalue weighted by Crippen LogP contribution is 2.27. The molecule has 1 saturated carbocycles. The lowest BCUT2D eigenvalue weighted by Crippen LogP contribution is -2.48. The van der Waals surface area contributed by atoms with E-state index in [0.717, 1.165) is 0 Å². The van der Waals surface area contributed by atoms with Crippen molar-refractivity contribution in [1.29, 1.82) is 0 Å². The highest BCUT2D eigenvalue weighted by Gasteiger charge is 2.25. The molecule has 0 saturated heterocycles. The number of nitrogens with one attached hydrogen (secondary N) is 2. The molecule has 0 spiro atoms. The summed E-state index contributed by atoms with van der Waals surface area (Å²) in [6.45, 7) is 6.98. The number of nitrogens with zero attached hydrogens (tertiary/aromatic N) is 1. The molecule has 136 valence electrons. The Morgan fingerprint density at radius 1 is 1.17 bits per heavy atom. The smallest absolute Gasteiger partial charge is 0.314 e. The molecule has 0 unspecified atom stereocenters. The second-order valence-corrected chi connectivity index (χ2v) is 10.1. The molecule has 23 heavy (non-hydrogen) atoms. The van der Waals surface area contributed by atoms with Crippen LogP contribution >= 0.6 is 0 Å². The monoisotopic (exact) mass is 345 g/mol. The molecular weight excluding hydrogens is 310 g/mol. The van der Waals surface area contributed by atoms with Gasteiger partial charge in [0, 0.05) is 40.4 Å². The molecule has 0 aromatic rings. The van der Waals surface area contributed by atoms with Crippen LogP contribution in [0.1, 0.15) is 52.9 Å². The number of amides is 2. The van der Waals surface area contributed by atoms with E-state index in [-0.39, 0.29) is 10.8 Å². The molecule has 0 radical (unpaired) electrons. The van der Waals surface area contributed by atoms with Crippen LogP contribution in [0.25, 0.3) is 0 Å².